The molecule has 4 aromatic heterocycles. The minimum absolute atomic E-state index is 0.0530. The van der Waals surface area contributed by atoms with Gasteiger partial charge in [0.1, 0.15) is 5.76 Å². The average Bonchev–Trinajstić information content (AvgIpc) is 3.58. The monoisotopic (exact) mass is 594 g/mol. The predicted molar refractivity (Wildman–Crippen MR) is 159 cm³/mol. The van der Waals surface area contributed by atoms with Gasteiger partial charge in [-0.25, -0.2) is 0 Å². The molecule has 0 saturated heterocycles. The number of aromatic nitrogens is 4. The van der Waals surface area contributed by atoms with Crippen LogP contribution in [0.2, 0.25) is 0 Å². The lowest BCUT2D eigenvalue weighted by atomic mass is 9.99. The van der Waals surface area contributed by atoms with Crippen LogP contribution in [-0.2, 0) is 34.4 Å². The van der Waals surface area contributed by atoms with Crippen molar-refractivity contribution in [1.82, 2.24) is 19.9 Å². The zero-order valence-corrected chi connectivity index (χ0v) is 26.0. The molecule has 9 nitrogen and oxygen atoms in total. The number of pyridine rings is 1. The number of benzene rings is 1. The van der Waals surface area contributed by atoms with Crippen LogP contribution in [0.5, 0.6) is 5.88 Å². The van der Waals surface area contributed by atoms with Crippen molar-refractivity contribution < 1.29 is 21.9 Å². The van der Waals surface area contributed by atoms with E-state index in [-0.39, 0.29) is 10.1 Å². The molecular formula is C30H34N4O5S2. The zero-order chi connectivity index (χ0) is 29.5. The second kappa shape index (κ2) is 11.4. The fourth-order valence-corrected chi connectivity index (χ4v) is 7.48. The van der Waals surface area contributed by atoms with E-state index < -0.39 is 10.1 Å². The first-order valence-electron chi connectivity index (χ1n) is 13.5. The van der Waals surface area contributed by atoms with E-state index in [9.17, 15) is 8.42 Å². The van der Waals surface area contributed by atoms with Crippen molar-refractivity contribution in [3.05, 3.63) is 74.7 Å². The molecule has 0 bridgehead atoms. The third kappa shape index (κ3) is 5.66. The van der Waals surface area contributed by atoms with Gasteiger partial charge in [-0.15, -0.1) is 11.3 Å². The van der Waals surface area contributed by atoms with Crippen molar-refractivity contribution in [1.29, 1.82) is 0 Å². The highest BCUT2D eigenvalue weighted by Crippen LogP contribution is 2.39. The summed E-state index contributed by atoms with van der Waals surface area (Å²) in [4.78, 5) is 5.56. The second-order valence-electron chi connectivity index (χ2n) is 10.1. The van der Waals surface area contributed by atoms with E-state index in [2.05, 4.69) is 24.2 Å². The van der Waals surface area contributed by atoms with Crippen LogP contribution in [-0.4, -0.2) is 34.9 Å². The Morgan fingerprint density at radius 2 is 1.78 bits per heavy atom. The van der Waals surface area contributed by atoms with Crippen LogP contribution >= 0.6 is 11.3 Å². The third-order valence-corrected chi connectivity index (χ3v) is 9.87. The molecule has 0 unspecified atom stereocenters. The highest BCUT2D eigenvalue weighted by atomic mass is 32.3. The van der Waals surface area contributed by atoms with Crippen molar-refractivity contribution >= 4 is 32.4 Å². The molecule has 0 N–H and O–H groups in total. The van der Waals surface area contributed by atoms with Crippen LogP contribution in [0.15, 0.2) is 39.1 Å². The molecule has 41 heavy (non-hydrogen) atoms. The molecule has 0 aliphatic rings. The number of hydrogen-bond donors (Lipinski definition) is 0. The zero-order valence-electron chi connectivity index (χ0n) is 24.4. The lowest BCUT2D eigenvalue weighted by molar-refractivity contribution is 0.134. The summed E-state index contributed by atoms with van der Waals surface area (Å²) in [5.74, 6) is 0.452. The van der Waals surface area contributed by atoms with E-state index in [0.717, 1.165) is 67.3 Å². The lowest BCUT2D eigenvalue weighted by Gasteiger charge is -2.14. The Hall–Kier alpha value is -3.54. The van der Waals surface area contributed by atoms with Gasteiger partial charge < -0.3 is 13.4 Å². The summed E-state index contributed by atoms with van der Waals surface area (Å²) in [7, 11) is -4.17. The first-order valence-corrected chi connectivity index (χ1v) is 15.8. The fourth-order valence-electron chi connectivity index (χ4n) is 4.95. The molecule has 5 aromatic rings. The van der Waals surface area contributed by atoms with Crippen molar-refractivity contribution in [2.24, 2.45) is 0 Å². The van der Waals surface area contributed by atoms with E-state index in [0.29, 0.717) is 36.6 Å². The second-order valence-corrected chi connectivity index (χ2v) is 13.1. The molecular weight excluding hydrogens is 560 g/mol. The summed E-state index contributed by atoms with van der Waals surface area (Å²) in [5.41, 5.74) is 7.81. The summed E-state index contributed by atoms with van der Waals surface area (Å²) < 4.78 is 45.4. The smallest absolute Gasteiger partial charge is 0.351 e. The van der Waals surface area contributed by atoms with E-state index in [4.69, 9.17) is 23.5 Å². The molecule has 0 aliphatic carbocycles. The van der Waals surface area contributed by atoms with E-state index >= 15 is 0 Å². The van der Waals surface area contributed by atoms with Gasteiger partial charge in [-0.1, -0.05) is 25.1 Å². The van der Waals surface area contributed by atoms with Gasteiger partial charge in [0.25, 0.3) is 5.88 Å². The minimum atomic E-state index is -4.17. The van der Waals surface area contributed by atoms with Gasteiger partial charge in [0.15, 0.2) is 4.21 Å². The molecule has 0 spiro atoms. The van der Waals surface area contributed by atoms with E-state index in [1.54, 1.807) is 13.8 Å². The molecule has 0 aliphatic heterocycles. The first kappa shape index (κ1) is 29.0. The molecule has 216 valence electrons. The Morgan fingerprint density at radius 1 is 1.00 bits per heavy atom. The van der Waals surface area contributed by atoms with Gasteiger partial charge in [-0.2, -0.15) is 13.5 Å². The number of aryl methyl sites for hydroxylation is 5. The van der Waals surface area contributed by atoms with Crippen molar-refractivity contribution in [3.8, 4) is 17.0 Å². The van der Waals surface area contributed by atoms with Crippen molar-refractivity contribution in [3.63, 3.8) is 0 Å². The van der Waals surface area contributed by atoms with Crippen LogP contribution in [0.4, 0.5) is 0 Å². The maximum absolute atomic E-state index is 13.5. The largest absolute Gasteiger partial charge is 0.377 e. The summed E-state index contributed by atoms with van der Waals surface area (Å²) in [6, 6.07) is 10.0. The molecule has 4 heterocycles. The standard InChI is InChI=1S/C30H34N4O5S2/c1-8-24-14-27-28(19(5)31-24)20(6)32-34(27)15-22-10-11-25(23(13-22)16-37-9-2)26-12-17(3)40-30(26)41(35,36)39-29-18(4)21(7)38-33-29/h10-14H,8-9,15-16H2,1-7H3. The summed E-state index contributed by atoms with van der Waals surface area (Å²) >= 11 is 1.16. The fraction of sp³-hybridized carbons (Fsp3) is 0.367. The number of ether oxygens (including phenoxy) is 1. The number of hydrogen-bond acceptors (Lipinski definition) is 9. The third-order valence-electron chi connectivity index (χ3n) is 7.11. The van der Waals surface area contributed by atoms with Crippen LogP contribution in [0.3, 0.4) is 0 Å². The van der Waals surface area contributed by atoms with Crippen LogP contribution in [0, 0.1) is 34.6 Å². The number of rotatable bonds is 10. The minimum Gasteiger partial charge on any atom is -0.377 e. The Balaban J connectivity index is 1.55. The molecule has 0 atom stereocenters. The normalized spacial score (nSPS) is 12.0. The first-order chi connectivity index (χ1) is 19.5. The molecule has 0 radical (unpaired) electrons. The Kier molecular flexibility index (Phi) is 8.04. The molecule has 11 heteroatoms. The van der Waals surface area contributed by atoms with Gasteiger partial charge in [0.05, 0.1) is 29.9 Å². The number of thiophene rings is 1. The molecule has 5 rings (SSSR count). The van der Waals surface area contributed by atoms with Crippen molar-refractivity contribution in [2.45, 2.75) is 72.2 Å². The summed E-state index contributed by atoms with van der Waals surface area (Å²) in [5, 5.41) is 9.69. The Morgan fingerprint density at radius 3 is 2.46 bits per heavy atom. The number of fused-ring (bicyclic) bond motifs is 1. The molecule has 0 amide bonds. The lowest BCUT2D eigenvalue weighted by Crippen LogP contribution is -2.10. The SMILES string of the molecule is CCOCc1cc(Cn2nc(C)c3c(C)nc(CC)cc32)ccc1-c1cc(C)sc1S(=O)(=O)Oc1noc(C)c1C. The van der Waals surface area contributed by atoms with Crippen molar-refractivity contribution in [2.75, 3.05) is 6.61 Å². The van der Waals surface area contributed by atoms with E-state index in [1.807, 2.05) is 50.6 Å². The highest BCUT2D eigenvalue weighted by molar-refractivity contribution is 7.89. The van der Waals surface area contributed by atoms with Crippen LogP contribution in [0.1, 0.15) is 58.3 Å². The van der Waals surface area contributed by atoms with Gasteiger partial charge >= 0.3 is 10.1 Å². The van der Waals surface area contributed by atoms with E-state index in [1.165, 1.54) is 0 Å². The van der Waals surface area contributed by atoms with Crippen LogP contribution < -0.4 is 4.18 Å². The van der Waals surface area contributed by atoms with Crippen LogP contribution in [0.25, 0.3) is 22.0 Å². The topological polar surface area (TPSA) is 109 Å². The van der Waals surface area contributed by atoms with Gasteiger partial charge in [0.2, 0.25) is 0 Å². The average molecular weight is 595 g/mol. The molecule has 1 aromatic carbocycles. The maximum Gasteiger partial charge on any atom is 0.351 e. The molecule has 0 fully saturated rings. The maximum atomic E-state index is 13.5. The molecule has 0 saturated carbocycles. The van der Waals surface area contributed by atoms with Gasteiger partial charge in [-0.3, -0.25) is 9.67 Å². The Bertz CT molecular complexity index is 1850. The Labute approximate surface area is 244 Å². The van der Waals surface area contributed by atoms with Gasteiger partial charge in [0, 0.05) is 33.8 Å². The highest BCUT2D eigenvalue weighted by Gasteiger charge is 2.28. The predicted octanol–water partition coefficient (Wildman–Crippen LogP) is 6.60. The number of nitrogens with zero attached hydrogens (tertiary/aromatic N) is 4. The summed E-state index contributed by atoms with van der Waals surface area (Å²) in [6.07, 6.45) is 0.846. The summed E-state index contributed by atoms with van der Waals surface area (Å²) in [6.45, 7) is 14.8. The quantitative estimate of drug-likeness (QED) is 0.166. The van der Waals surface area contributed by atoms with Gasteiger partial charge in [-0.05, 0) is 81.9 Å².